The second-order valence-corrected chi connectivity index (χ2v) is 3.98. The smallest absolute Gasteiger partial charge is 0.221 e. The van der Waals surface area contributed by atoms with Gasteiger partial charge in [0.1, 0.15) is 5.82 Å². The fraction of sp³-hybridized carbons (Fsp3) is 0.462. The van der Waals surface area contributed by atoms with E-state index in [0.29, 0.717) is 19.6 Å². The molecule has 0 aliphatic rings. The fourth-order valence-electron chi connectivity index (χ4n) is 1.59. The summed E-state index contributed by atoms with van der Waals surface area (Å²) in [5.74, 6) is -0.354. The molecule has 0 saturated heterocycles. The highest BCUT2D eigenvalue weighted by Gasteiger charge is 2.14. The summed E-state index contributed by atoms with van der Waals surface area (Å²) in [5, 5.41) is 5.77. The highest BCUT2D eigenvalue weighted by molar-refractivity contribution is 5.76. The largest absolute Gasteiger partial charge is 0.382 e. The van der Waals surface area contributed by atoms with Crippen LogP contribution >= 0.6 is 0 Å². The fourth-order valence-corrected chi connectivity index (χ4v) is 1.59. The van der Waals surface area contributed by atoms with Gasteiger partial charge in [-0.05, 0) is 24.7 Å². The van der Waals surface area contributed by atoms with E-state index >= 15 is 0 Å². The molecule has 0 fully saturated rings. The number of methoxy groups -OCH3 is 1. The van der Waals surface area contributed by atoms with Crippen LogP contribution in [0, 0.1) is 5.82 Å². The summed E-state index contributed by atoms with van der Waals surface area (Å²) in [6.45, 7) is 0.978. The third-order valence-corrected chi connectivity index (χ3v) is 2.54. The summed E-state index contributed by atoms with van der Waals surface area (Å²) in [4.78, 5) is 11.6. The Kier molecular flexibility index (Phi) is 6.32. The molecule has 0 spiro atoms. The third kappa shape index (κ3) is 4.81. The van der Waals surface area contributed by atoms with E-state index in [4.69, 9.17) is 4.74 Å². The summed E-state index contributed by atoms with van der Waals surface area (Å²) >= 11 is 0. The van der Waals surface area contributed by atoms with Gasteiger partial charge in [0.25, 0.3) is 0 Å². The Morgan fingerprint density at radius 3 is 2.61 bits per heavy atom. The molecule has 0 aliphatic carbocycles. The van der Waals surface area contributed by atoms with E-state index in [9.17, 15) is 9.18 Å². The lowest BCUT2D eigenvalue weighted by molar-refractivity contribution is -0.122. The van der Waals surface area contributed by atoms with Gasteiger partial charge in [-0.1, -0.05) is 12.1 Å². The van der Waals surface area contributed by atoms with Gasteiger partial charge < -0.3 is 15.4 Å². The number of carbonyl (C=O) groups excluding carboxylic acids is 1. The first kappa shape index (κ1) is 14.6. The summed E-state index contributed by atoms with van der Waals surface area (Å²) in [6, 6.07) is 5.80. The molecule has 1 aromatic rings. The maximum Gasteiger partial charge on any atom is 0.221 e. The van der Waals surface area contributed by atoms with Crippen molar-refractivity contribution in [2.75, 3.05) is 27.3 Å². The van der Waals surface area contributed by atoms with E-state index in [2.05, 4.69) is 10.6 Å². The molecule has 0 radical (unpaired) electrons. The molecule has 0 bridgehead atoms. The first-order chi connectivity index (χ1) is 8.67. The molecule has 100 valence electrons. The van der Waals surface area contributed by atoms with Crippen LogP contribution in [0.4, 0.5) is 4.39 Å². The quantitative estimate of drug-likeness (QED) is 0.769. The van der Waals surface area contributed by atoms with Crippen LogP contribution in [-0.2, 0) is 9.53 Å². The molecular weight excluding hydrogens is 235 g/mol. The van der Waals surface area contributed by atoms with Crippen LogP contribution in [0.25, 0.3) is 0 Å². The van der Waals surface area contributed by atoms with E-state index in [1.54, 1.807) is 26.3 Å². The molecule has 1 unspecified atom stereocenters. The minimum atomic E-state index is -0.295. The number of rotatable bonds is 7. The Balaban J connectivity index is 2.64. The van der Waals surface area contributed by atoms with Crippen molar-refractivity contribution in [1.82, 2.24) is 10.6 Å². The van der Waals surface area contributed by atoms with E-state index in [0.717, 1.165) is 5.56 Å². The van der Waals surface area contributed by atoms with Crippen molar-refractivity contribution in [2.45, 2.75) is 12.5 Å². The number of ether oxygens (including phenoxy) is 1. The lowest BCUT2D eigenvalue weighted by Gasteiger charge is -2.18. The zero-order chi connectivity index (χ0) is 13.4. The number of hydrogen-bond donors (Lipinski definition) is 2. The summed E-state index contributed by atoms with van der Waals surface area (Å²) in [6.07, 6.45) is 0.401. The van der Waals surface area contributed by atoms with E-state index in [-0.39, 0.29) is 17.8 Å². The minimum Gasteiger partial charge on any atom is -0.382 e. The minimum absolute atomic E-state index is 0.0595. The summed E-state index contributed by atoms with van der Waals surface area (Å²) < 4.78 is 17.9. The molecular formula is C13H19FN2O2. The van der Waals surface area contributed by atoms with Crippen molar-refractivity contribution in [3.63, 3.8) is 0 Å². The van der Waals surface area contributed by atoms with Crippen LogP contribution in [-0.4, -0.2) is 33.2 Å². The van der Waals surface area contributed by atoms with Crippen LogP contribution in [0.15, 0.2) is 24.3 Å². The number of hydrogen-bond acceptors (Lipinski definition) is 3. The zero-order valence-corrected chi connectivity index (χ0v) is 10.7. The van der Waals surface area contributed by atoms with Gasteiger partial charge in [-0.25, -0.2) is 4.39 Å². The van der Waals surface area contributed by atoms with Gasteiger partial charge in [0.2, 0.25) is 5.91 Å². The van der Waals surface area contributed by atoms with Gasteiger partial charge in [0, 0.05) is 20.1 Å². The third-order valence-electron chi connectivity index (χ3n) is 2.54. The number of benzene rings is 1. The molecule has 1 aromatic carbocycles. The molecule has 0 heterocycles. The topological polar surface area (TPSA) is 50.4 Å². The van der Waals surface area contributed by atoms with E-state index in [1.165, 1.54) is 12.1 Å². The SMILES string of the molecule is CNCCC(=O)NC(COC)c1ccc(F)cc1. The average Bonchev–Trinajstić information content (AvgIpc) is 2.37. The van der Waals surface area contributed by atoms with Crippen LogP contribution < -0.4 is 10.6 Å². The first-order valence-corrected chi connectivity index (χ1v) is 5.85. The van der Waals surface area contributed by atoms with Crippen molar-refractivity contribution in [3.05, 3.63) is 35.6 Å². The number of amides is 1. The zero-order valence-electron chi connectivity index (χ0n) is 10.7. The molecule has 18 heavy (non-hydrogen) atoms. The molecule has 1 atom stereocenters. The Bertz CT molecular complexity index is 368. The van der Waals surface area contributed by atoms with Gasteiger partial charge in [-0.2, -0.15) is 0 Å². The Hall–Kier alpha value is -1.46. The van der Waals surface area contributed by atoms with Crippen molar-refractivity contribution in [3.8, 4) is 0 Å². The predicted molar refractivity (Wildman–Crippen MR) is 67.7 cm³/mol. The Labute approximate surface area is 107 Å². The second kappa shape index (κ2) is 7.79. The van der Waals surface area contributed by atoms with Crippen LogP contribution in [0.5, 0.6) is 0 Å². The van der Waals surface area contributed by atoms with Crippen molar-refractivity contribution in [1.29, 1.82) is 0 Å². The van der Waals surface area contributed by atoms with Crippen LogP contribution in [0.3, 0.4) is 0 Å². The van der Waals surface area contributed by atoms with Gasteiger partial charge in [0.05, 0.1) is 12.6 Å². The highest BCUT2D eigenvalue weighted by Crippen LogP contribution is 2.14. The molecule has 2 N–H and O–H groups in total. The summed E-state index contributed by atoms with van der Waals surface area (Å²) in [5.41, 5.74) is 0.830. The molecule has 1 rings (SSSR count). The standard InChI is InChI=1S/C13H19FN2O2/c1-15-8-7-13(17)16-12(9-18-2)10-3-5-11(14)6-4-10/h3-6,12,15H,7-9H2,1-2H3,(H,16,17). The van der Waals surface area contributed by atoms with Crippen molar-refractivity contribution < 1.29 is 13.9 Å². The van der Waals surface area contributed by atoms with Crippen LogP contribution in [0.2, 0.25) is 0 Å². The van der Waals surface area contributed by atoms with E-state index < -0.39 is 0 Å². The maximum absolute atomic E-state index is 12.8. The van der Waals surface area contributed by atoms with E-state index in [1.807, 2.05) is 0 Å². The molecule has 4 nitrogen and oxygen atoms in total. The number of nitrogens with one attached hydrogen (secondary N) is 2. The monoisotopic (exact) mass is 254 g/mol. The Morgan fingerprint density at radius 1 is 1.39 bits per heavy atom. The van der Waals surface area contributed by atoms with Crippen molar-refractivity contribution in [2.24, 2.45) is 0 Å². The average molecular weight is 254 g/mol. The molecule has 0 aromatic heterocycles. The van der Waals surface area contributed by atoms with Gasteiger partial charge in [-0.15, -0.1) is 0 Å². The van der Waals surface area contributed by atoms with Gasteiger partial charge >= 0.3 is 0 Å². The Morgan fingerprint density at radius 2 is 2.06 bits per heavy atom. The predicted octanol–water partition coefficient (Wildman–Crippen LogP) is 1.24. The number of carbonyl (C=O) groups is 1. The second-order valence-electron chi connectivity index (χ2n) is 3.98. The maximum atomic E-state index is 12.8. The molecule has 0 saturated carbocycles. The highest BCUT2D eigenvalue weighted by atomic mass is 19.1. The lowest BCUT2D eigenvalue weighted by Crippen LogP contribution is -2.32. The van der Waals surface area contributed by atoms with Crippen molar-refractivity contribution >= 4 is 5.91 Å². The summed E-state index contributed by atoms with van der Waals surface area (Å²) in [7, 11) is 3.36. The lowest BCUT2D eigenvalue weighted by atomic mass is 10.1. The number of halogens is 1. The normalized spacial score (nSPS) is 12.2. The van der Waals surface area contributed by atoms with Crippen LogP contribution in [0.1, 0.15) is 18.0 Å². The first-order valence-electron chi connectivity index (χ1n) is 5.85. The van der Waals surface area contributed by atoms with Gasteiger partial charge in [0.15, 0.2) is 0 Å². The molecule has 5 heteroatoms. The van der Waals surface area contributed by atoms with Gasteiger partial charge in [-0.3, -0.25) is 4.79 Å². The molecule has 1 amide bonds. The molecule has 0 aliphatic heterocycles.